The van der Waals surface area contributed by atoms with E-state index in [1.807, 2.05) is 30.3 Å². The van der Waals surface area contributed by atoms with Crippen LogP contribution >= 0.6 is 0 Å². The normalized spacial score (nSPS) is 15.2. The van der Waals surface area contributed by atoms with Gasteiger partial charge in [0.25, 0.3) is 5.91 Å². The molecule has 4 nitrogen and oxygen atoms in total. The van der Waals surface area contributed by atoms with Crippen molar-refractivity contribution in [2.45, 2.75) is 19.4 Å². The van der Waals surface area contributed by atoms with Crippen LogP contribution in [0.1, 0.15) is 21.5 Å². The van der Waals surface area contributed by atoms with Gasteiger partial charge in [-0.05, 0) is 48.4 Å². The van der Waals surface area contributed by atoms with Gasteiger partial charge < -0.3 is 5.32 Å². The summed E-state index contributed by atoms with van der Waals surface area (Å²) in [7, 11) is 0. The second-order valence-electron chi connectivity index (χ2n) is 6.84. The molecule has 0 aliphatic carbocycles. The van der Waals surface area contributed by atoms with Gasteiger partial charge in [-0.25, -0.2) is 4.39 Å². The Kier molecular flexibility index (Phi) is 4.65. The molecule has 2 amide bonds. The predicted octanol–water partition coefficient (Wildman–Crippen LogP) is 4.34. The molecular weight excluding hydrogens is 355 g/mol. The number of hydrogen-bond donors (Lipinski definition) is 1. The summed E-state index contributed by atoms with van der Waals surface area (Å²) < 4.78 is 13.8. The van der Waals surface area contributed by atoms with Gasteiger partial charge in [0.05, 0.1) is 0 Å². The molecular formula is C23H19FN2O2. The zero-order chi connectivity index (χ0) is 19.7. The van der Waals surface area contributed by atoms with Crippen LogP contribution in [0.2, 0.25) is 0 Å². The second-order valence-corrected chi connectivity index (χ2v) is 6.84. The lowest BCUT2D eigenvalue weighted by Gasteiger charge is -2.25. The third-order valence-corrected chi connectivity index (χ3v) is 4.96. The Morgan fingerprint density at radius 3 is 2.46 bits per heavy atom. The highest BCUT2D eigenvalue weighted by atomic mass is 19.1. The first kappa shape index (κ1) is 17.9. The fourth-order valence-corrected chi connectivity index (χ4v) is 3.46. The number of amides is 2. The molecule has 1 atom stereocenters. The molecule has 140 valence electrons. The number of hydrogen-bond acceptors (Lipinski definition) is 2. The number of nitrogens with zero attached hydrogens (tertiary/aromatic N) is 1. The van der Waals surface area contributed by atoms with Gasteiger partial charge in [-0.2, -0.15) is 0 Å². The minimum atomic E-state index is -0.700. The number of nitrogens with one attached hydrogen (secondary N) is 1. The maximum atomic E-state index is 13.8. The quantitative estimate of drug-likeness (QED) is 0.741. The minimum absolute atomic E-state index is 0.235. The summed E-state index contributed by atoms with van der Waals surface area (Å²) in [5.74, 6) is -0.964. The fourth-order valence-electron chi connectivity index (χ4n) is 3.46. The molecule has 0 saturated carbocycles. The van der Waals surface area contributed by atoms with Gasteiger partial charge in [0.1, 0.15) is 11.9 Å². The third kappa shape index (κ3) is 3.27. The van der Waals surface area contributed by atoms with Crippen molar-refractivity contribution in [3.63, 3.8) is 0 Å². The van der Waals surface area contributed by atoms with Gasteiger partial charge in [0.15, 0.2) is 0 Å². The number of fused-ring (bicyclic) bond motifs is 1. The van der Waals surface area contributed by atoms with Gasteiger partial charge in [-0.3, -0.25) is 14.5 Å². The molecule has 0 aromatic heterocycles. The Labute approximate surface area is 162 Å². The first-order valence-corrected chi connectivity index (χ1v) is 9.08. The fraction of sp³-hybridized carbons (Fsp3) is 0.130. The second kappa shape index (κ2) is 7.27. The Morgan fingerprint density at radius 1 is 1.00 bits per heavy atom. The molecule has 0 radical (unpaired) electrons. The summed E-state index contributed by atoms with van der Waals surface area (Å²) >= 11 is 0. The smallest absolute Gasteiger partial charge is 0.259 e. The van der Waals surface area contributed by atoms with Crippen LogP contribution in [0.25, 0.3) is 0 Å². The van der Waals surface area contributed by atoms with Gasteiger partial charge in [-0.15, -0.1) is 0 Å². The van der Waals surface area contributed by atoms with Crippen molar-refractivity contribution in [3.8, 4) is 0 Å². The summed E-state index contributed by atoms with van der Waals surface area (Å²) in [5.41, 5.74) is 3.05. The highest BCUT2D eigenvalue weighted by molar-refractivity contribution is 6.13. The summed E-state index contributed by atoms with van der Waals surface area (Å²) in [6.45, 7) is 1.66. The average molecular weight is 374 g/mol. The van der Waals surface area contributed by atoms with Crippen LogP contribution in [0.15, 0.2) is 72.8 Å². The largest absolute Gasteiger partial charge is 0.324 e. The Bertz CT molecular complexity index is 1050. The van der Waals surface area contributed by atoms with E-state index in [9.17, 15) is 14.0 Å². The van der Waals surface area contributed by atoms with E-state index >= 15 is 0 Å². The average Bonchev–Trinajstić information content (AvgIpc) is 3.10. The molecule has 0 fully saturated rings. The monoisotopic (exact) mass is 374 g/mol. The number of aryl methyl sites for hydroxylation is 1. The van der Waals surface area contributed by atoms with E-state index in [4.69, 9.17) is 0 Å². The van der Waals surface area contributed by atoms with E-state index in [1.165, 1.54) is 11.0 Å². The van der Waals surface area contributed by atoms with Crippen LogP contribution in [0, 0.1) is 12.7 Å². The Balaban J connectivity index is 1.66. The highest BCUT2D eigenvalue weighted by Gasteiger charge is 2.38. The van der Waals surface area contributed by atoms with Gasteiger partial charge in [0.2, 0.25) is 5.91 Å². The molecule has 3 aromatic carbocycles. The van der Waals surface area contributed by atoms with Crippen LogP contribution in [0.3, 0.4) is 0 Å². The number of carbonyl (C=O) groups is 2. The first-order valence-electron chi connectivity index (χ1n) is 9.08. The molecule has 0 spiro atoms. The van der Waals surface area contributed by atoms with Crippen LogP contribution in [-0.4, -0.2) is 17.9 Å². The van der Waals surface area contributed by atoms with E-state index in [-0.39, 0.29) is 17.6 Å². The van der Waals surface area contributed by atoms with E-state index in [2.05, 4.69) is 5.32 Å². The van der Waals surface area contributed by atoms with Crippen molar-refractivity contribution in [2.24, 2.45) is 0 Å². The molecule has 5 heteroatoms. The SMILES string of the molecule is Cc1ccc(NC(=O)[C@H]2Cc3ccccc3N2C(=O)c2ccccc2)cc1F. The number of para-hydroxylation sites is 1. The van der Waals surface area contributed by atoms with Crippen LogP contribution in [-0.2, 0) is 11.2 Å². The number of anilines is 2. The highest BCUT2D eigenvalue weighted by Crippen LogP contribution is 2.34. The lowest BCUT2D eigenvalue weighted by Crippen LogP contribution is -2.45. The zero-order valence-electron chi connectivity index (χ0n) is 15.4. The lowest BCUT2D eigenvalue weighted by molar-refractivity contribution is -0.117. The number of halogens is 1. The molecule has 4 rings (SSSR count). The standard InChI is InChI=1S/C23H19FN2O2/c1-15-11-12-18(14-19(15)24)25-22(27)21-13-17-9-5-6-10-20(17)26(21)23(28)16-7-3-2-4-8-16/h2-12,14,21H,13H2,1H3,(H,25,27)/t21-/m1/s1. The van der Waals surface area contributed by atoms with Crippen LogP contribution in [0.5, 0.6) is 0 Å². The molecule has 0 unspecified atom stereocenters. The Morgan fingerprint density at radius 2 is 1.71 bits per heavy atom. The van der Waals surface area contributed by atoms with E-state index in [0.29, 0.717) is 23.2 Å². The lowest BCUT2D eigenvalue weighted by atomic mass is 10.1. The number of rotatable bonds is 3. The number of carbonyl (C=O) groups excluding carboxylic acids is 2. The van der Waals surface area contributed by atoms with Gasteiger partial charge in [0, 0.05) is 23.4 Å². The maximum Gasteiger partial charge on any atom is 0.259 e. The van der Waals surface area contributed by atoms with Crippen molar-refractivity contribution >= 4 is 23.2 Å². The van der Waals surface area contributed by atoms with Crippen LogP contribution in [0.4, 0.5) is 15.8 Å². The van der Waals surface area contributed by atoms with E-state index in [1.54, 1.807) is 43.3 Å². The first-order chi connectivity index (χ1) is 13.5. The molecule has 1 aliphatic heterocycles. The zero-order valence-corrected chi connectivity index (χ0v) is 15.4. The summed E-state index contributed by atoms with van der Waals surface area (Å²) in [6.07, 6.45) is 0.412. The van der Waals surface area contributed by atoms with E-state index in [0.717, 1.165) is 11.3 Å². The minimum Gasteiger partial charge on any atom is -0.324 e. The van der Waals surface area contributed by atoms with Gasteiger partial charge in [-0.1, -0.05) is 42.5 Å². The van der Waals surface area contributed by atoms with Crippen molar-refractivity contribution in [2.75, 3.05) is 10.2 Å². The molecule has 28 heavy (non-hydrogen) atoms. The summed E-state index contributed by atoms with van der Waals surface area (Å²) in [6, 6.07) is 20.2. The Hall–Kier alpha value is -3.47. The van der Waals surface area contributed by atoms with Crippen molar-refractivity contribution in [1.82, 2.24) is 0 Å². The summed E-state index contributed by atoms with van der Waals surface area (Å²) in [4.78, 5) is 27.7. The predicted molar refractivity (Wildman–Crippen MR) is 107 cm³/mol. The van der Waals surface area contributed by atoms with Gasteiger partial charge >= 0.3 is 0 Å². The maximum absolute atomic E-state index is 13.8. The molecule has 3 aromatic rings. The molecule has 1 aliphatic rings. The molecule has 0 bridgehead atoms. The third-order valence-electron chi connectivity index (χ3n) is 4.96. The van der Waals surface area contributed by atoms with E-state index < -0.39 is 6.04 Å². The van der Waals surface area contributed by atoms with Crippen molar-refractivity contribution in [3.05, 3.63) is 95.3 Å². The molecule has 1 N–H and O–H groups in total. The molecule has 0 saturated heterocycles. The molecule has 1 heterocycles. The van der Waals surface area contributed by atoms with Crippen molar-refractivity contribution < 1.29 is 14.0 Å². The summed E-state index contributed by atoms with van der Waals surface area (Å²) in [5, 5.41) is 2.75. The number of benzene rings is 3. The van der Waals surface area contributed by atoms with Crippen LogP contribution < -0.4 is 10.2 Å². The van der Waals surface area contributed by atoms with Crippen molar-refractivity contribution in [1.29, 1.82) is 0 Å². The topological polar surface area (TPSA) is 49.4 Å².